The normalized spacial score (nSPS) is 12.9. The van der Waals surface area contributed by atoms with Gasteiger partial charge >= 0.3 is 6.09 Å². The fourth-order valence-electron chi connectivity index (χ4n) is 1.78. The maximum Gasteiger partial charge on any atom is 0.408 e. The van der Waals surface area contributed by atoms with Crippen LogP contribution in [-0.4, -0.2) is 19.8 Å². The van der Waals surface area contributed by atoms with E-state index in [-0.39, 0.29) is 6.04 Å². The SMILES string of the molecule is CC(NC(=O)OC(C)(C)C)c1ccc(C#C[Si](C)(C)C)cc1Cl. The quantitative estimate of drug-likeness (QED) is 0.590. The standard InChI is InChI=1S/C18H26ClNO2Si/c1-13(20-17(21)22-18(2,3)4)15-9-8-14(12-16(15)19)10-11-23(5,6)7/h8-9,12-13H,1-7H3,(H,20,21). The molecule has 1 rings (SSSR count). The summed E-state index contributed by atoms with van der Waals surface area (Å²) in [6, 6.07) is 5.44. The summed E-state index contributed by atoms with van der Waals surface area (Å²) in [6.07, 6.45) is -0.455. The third-order valence-corrected chi connectivity index (χ3v) is 3.98. The number of rotatable bonds is 2. The van der Waals surface area contributed by atoms with Crippen LogP contribution in [0.3, 0.4) is 0 Å². The summed E-state index contributed by atoms with van der Waals surface area (Å²) in [5.74, 6) is 3.18. The van der Waals surface area contributed by atoms with Crippen molar-refractivity contribution in [2.45, 2.75) is 59.0 Å². The molecule has 23 heavy (non-hydrogen) atoms. The predicted octanol–water partition coefficient (Wildman–Crippen LogP) is 5.15. The van der Waals surface area contributed by atoms with E-state index in [4.69, 9.17) is 16.3 Å². The van der Waals surface area contributed by atoms with Crippen molar-refractivity contribution in [1.29, 1.82) is 0 Å². The second kappa shape index (κ2) is 7.42. The van der Waals surface area contributed by atoms with E-state index < -0.39 is 19.8 Å². The second-order valence-corrected chi connectivity index (χ2v) is 12.8. The van der Waals surface area contributed by atoms with Gasteiger partial charge in [-0.05, 0) is 45.4 Å². The minimum absolute atomic E-state index is 0.239. The van der Waals surface area contributed by atoms with Gasteiger partial charge in [-0.3, -0.25) is 0 Å². The first-order valence-corrected chi connectivity index (χ1v) is 11.6. The van der Waals surface area contributed by atoms with Gasteiger partial charge < -0.3 is 10.1 Å². The Kier molecular flexibility index (Phi) is 6.32. The highest BCUT2D eigenvalue weighted by Crippen LogP contribution is 2.24. The zero-order chi connectivity index (χ0) is 17.8. The maximum atomic E-state index is 11.8. The molecule has 0 saturated carbocycles. The van der Waals surface area contributed by atoms with Crippen LogP contribution < -0.4 is 5.32 Å². The van der Waals surface area contributed by atoms with E-state index in [1.165, 1.54) is 0 Å². The predicted molar refractivity (Wildman–Crippen MR) is 99.5 cm³/mol. The fraction of sp³-hybridized carbons (Fsp3) is 0.500. The lowest BCUT2D eigenvalue weighted by molar-refractivity contribution is 0.0508. The monoisotopic (exact) mass is 351 g/mol. The van der Waals surface area contributed by atoms with Gasteiger partial charge in [-0.25, -0.2) is 4.79 Å². The van der Waals surface area contributed by atoms with Gasteiger partial charge in [-0.2, -0.15) is 0 Å². The van der Waals surface area contributed by atoms with Crippen molar-refractivity contribution in [2.24, 2.45) is 0 Å². The molecule has 1 unspecified atom stereocenters. The van der Waals surface area contributed by atoms with Crippen LogP contribution >= 0.6 is 11.6 Å². The number of carbonyl (C=O) groups excluding carboxylic acids is 1. The Labute approximate surface area is 145 Å². The Bertz CT molecular complexity index is 633. The van der Waals surface area contributed by atoms with Crippen molar-refractivity contribution in [1.82, 2.24) is 5.32 Å². The molecule has 1 aromatic rings. The molecule has 0 aliphatic heterocycles. The maximum absolute atomic E-state index is 11.8. The summed E-state index contributed by atoms with van der Waals surface area (Å²) in [7, 11) is -1.42. The molecule has 1 aromatic carbocycles. The van der Waals surface area contributed by atoms with Gasteiger partial charge in [0.1, 0.15) is 13.7 Å². The zero-order valence-electron chi connectivity index (χ0n) is 15.0. The lowest BCUT2D eigenvalue weighted by atomic mass is 10.1. The molecule has 1 amide bonds. The Balaban J connectivity index is 2.85. The largest absolute Gasteiger partial charge is 0.444 e. The zero-order valence-corrected chi connectivity index (χ0v) is 16.8. The number of alkyl carbamates (subject to hydrolysis) is 1. The van der Waals surface area contributed by atoms with E-state index in [0.717, 1.165) is 11.1 Å². The van der Waals surface area contributed by atoms with Crippen LogP contribution in [0.4, 0.5) is 4.79 Å². The Morgan fingerprint density at radius 3 is 2.39 bits per heavy atom. The van der Waals surface area contributed by atoms with Gasteiger partial charge in [0.15, 0.2) is 0 Å². The molecule has 0 aliphatic carbocycles. The number of hydrogen-bond acceptors (Lipinski definition) is 2. The summed E-state index contributed by atoms with van der Waals surface area (Å²) in [6.45, 7) is 14.0. The minimum Gasteiger partial charge on any atom is -0.444 e. The first-order valence-electron chi connectivity index (χ1n) is 7.69. The average molecular weight is 352 g/mol. The minimum atomic E-state index is -1.42. The molecule has 1 N–H and O–H groups in total. The van der Waals surface area contributed by atoms with Gasteiger partial charge in [0.2, 0.25) is 0 Å². The Hall–Kier alpha value is -1.44. The van der Waals surface area contributed by atoms with Crippen LogP contribution in [-0.2, 0) is 4.74 Å². The van der Waals surface area contributed by atoms with Crippen molar-refractivity contribution in [3.63, 3.8) is 0 Å². The molecule has 0 aliphatic rings. The van der Waals surface area contributed by atoms with Gasteiger partial charge in [0.25, 0.3) is 0 Å². The first kappa shape index (κ1) is 19.6. The molecule has 126 valence electrons. The topological polar surface area (TPSA) is 38.3 Å². The molecular formula is C18H26ClNO2Si. The lowest BCUT2D eigenvalue weighted by Gasteiger charge is -2.22. The number of carbonyl (C=O) groups is 1. The average Bonchev–Trinajstić information content (AvgIpc) is 2.32. The summed E-state index contributed by atoms with van der Waals surface area (Å²) in [5, 5.41) is 3.39. The molecule has 3 nitrogen and oxygen atoms in total. The van der Waals surface area contributed by atoms with Crippen molar-refractivity contribution in [3.8, 4) is 11.5 Å². The third kappa shape index (κ3) is 7.58. The summed E-state index contributed by atoms with van der Waals surface area (Å²) in [5.41, 5.74) is 4.53. The molecule has 0 heterocycles. The number of hydrogen-bond donors (Lipinski definition) is 1. The molecule has 0 bridgehead atoms. The highest BCUT2D eigenvalue weighted by Gasteiger charge is 2.19. The molecule has 0 aromatic heterocycles. The van der Waals surface area contributed by atoms with E-state index in [1.807, 2.05) is 45.9 Å². The first-order chi connectivity index (χ1) is 10.4. The van der Waals surface area contributed by atoms with E-state index in [0.29, 0.717) is 5.02 Å². The van der Waals surface area contributed by atoms with Crippen LogP contribution in [0.5, 0.6) is 0 Å². The number of amides is 1. The number of benzene rings is 1. The van der Waals surface area contributed by atoms with E-state index in [9.17, 15) is 4.79 Å². The van der Waals surface area contributed by atoms with E-state index in [1.54, 1.807) is 0 Å². The number of halogens is 1. The van der Waals surface area contributed by atoms with Crippen molar-refractivity contribution >= 4 is 25.8 Å². The van der Waals surface area contributed by atoms with E-state index in [2.05, 4.69) is 36.4 Å². The molecule has 0 radical (unpaired) electrons. The third-order valence-electron chi connectivity index (χ3n) is 2.78. The van der Waals surface area contributed by atoms with E-state index >= 15 is 0 Å². The molecule has 0 saturated heterocycles. The smallest absolute Gasteiger partial charge is 0.408 e. The Morgan fingerprint density at radius 1 is 1.30 bits per heavy atom. The number of ether oxygens (including phenoxy) is 1. The van der Waals surface area contributed by atoms with Gasteiger partial charge in [0.05, 0.1) is 6.04 Å². The van der Waals surface area contributed by atoms with Gasteiger partial charge in [-0.15, -0.1) is 5.54 Å². The summed E-state index contributed by atoms with van der Waals surface area (Å²) >= 11 is 6.34. The molecule has 0 spiro atoms. The highest BCUT2D eigenvalue weighted by molar-refractivity contribution is 6.83. The van der Waals surface area contributed by atoms with Crippen LogP contribution in [0, 0.1) is 11.5 Å². The van der Waals surface area contributed by atoms with Crippen LogP contribution in [0.2, 0.25) is 24.7 Å². The molecular weight excluding hydrogens is 326 g/mol. The Morgan fingerprint density at radius 2 is 1.91 bits per heavy atom. The molecule has 5 heteroatoms. The number of nitrogens with one attached hydrogen (secondary N) is 1. The fourth-order valence-corrected chi connectivity index (χ4v) is 2.64. The second-order valence-electron chi connectivity index (χ2n) is 7.60. The molecule has 0 fully saturated rings. The van der Waals surface area contributed by atoms with Gasteiger partial charge in [0, 0.05) is 10.6 Å². The van der Waals surface area contributed by atoms with Crippen molar-refractivity contribution in [3.05, 3.63) is 34.3 Å². The molecule has 1 atom stereocenters. The van der Waals surface area contributed by atoms with Crippen LogP contribution in [0.1, 0.15) is 44.9 Å². The van der Waals surface area contributed by atoms with Gasteiger partial charge in [-0.1, -0.05) is 43.2 Å². The van der Waals surface area contributed by atoms with Crippen LogP contribution in [0.15, 0.2) is 18.2 Å². The lowest BCUT2D eigenvalue weighted by Crippen LogP contribution is -2.34. The summed E-state index contributed by atoms with van der Waals surface area (Å²) in [4.78, 5) is 11.8. The summed E-state index contributed by atoms with van der Waals surface area (Å²) < 4.78 is 5.26. The van der Waals surface area contributed by atoms with Crippen molar-refractivity contribution in [2.75, 3.05) is 0 Å². The van der Waals surface area contributed by atoms with Crippen LogP contribution in [0.25, 0.3) is 0 Å². The van der Waals surface area contributed by atoms with Crippen molar-refractivity contribution < 1.29 is 9.53 Å². The highest BCUT2D eigenvalue weighted by atomic mass is 35.5.